The molecule has 2 aliphatic heterocycles. The minimum Gasteiger partial charge on any atom is -0.311 e. The Labute approximate surface area is 113 Å². The third-order valence-electron chi connectivity index (χ3n) is 4.37. The Morgan fingerprint density at radius 1 is 1.17 bits per heavy atom. The second kappa shape index (κ2) is 6.88. The van der Waals surface area contributed by atoms with Crippen LogP contribution >= 0.6 is 0 Å². The van der Waals surface area contributed by atoms with Gasteiger partial charge in [-0.25, -0.2) is 0 Å². The molecule has 0 bridgehead atoms. The van der Waals surface area contributed by atoms with Crippen LogP contribution in [0.3, 0.4) is 0 Å². The average molecular weight is 253 g/mol. The van der Waals surface area contributed by atoms with Crippen molar-refractivity contribution in [3.8, 4) is 0 Å². The van der Waals surface area contributed by atoms with Crippen molar-refractivity contribution < 1.29 is 0 Å². The van der Waals surface area contributed by atoms with Crippen molar-refractivity contribution in [1.82, 2.24) is 15.1 Å². The van der Waals surface area contributed by atoms with E-state index in [1.165, 1.54) is 58.5 Å². The van der Waals surface area contributed by atoms with E-state index in [9.17, 15) is 0 Å². The number of nitrogens with zero attached hydrogens (tertiary/aromatic N) is 2. The Hall–Kier alpha value is -0.120. The average Bonchev–Trinajstić information content (AvgIpc) is 2.82. The zero-order valence-corrected chi connectivity index (χ0v) is 12.5. The summed E-state index contributed by atoms with van der Waals surface area (Å²) in [5.74, 6) is 0.805. The van der Waals surface area contributed by atoms with E-state index in [1.54, 1.807) is 0 Å². The topological polar surface area (TPSA) is 18.5 Å². The zero-order chi connectivity index (χ0) is 13.0. The molecule has 0 spiro atoms. The lowest BCUT2D eigenvalue weighted by atomic mass is 9.99. The van der Waals surface area contributed by atoms with Gasteiger partial charge in [-0.05, 0) is 45.2 Å². The Kier molecular flexibility index (Phi) is 5.46. The molecule has 18 heavy (non-hydrogen) atoms. The van der Waals surface area contributed by atoms with Crippen LogP contribution in [0.1, 0.15) is 40.0 Å². The summed E-state index contributed by atoms with van der Waals surface area (Å²) in [7, 11) is 0. The molecule has 1 N–H and O–H groups in total. The largest absolute Gasteiger partial charge is 0.311 e. The van der Waals surface area contributed by atoms with Gasteiger partial charge in [-0.2, -0.15) is 0 Å². The number of piperazine rings is 1. The van der Waals surface area contributed by atoms with Crippen molar-refractivity contribution in [3.05, 3.63) is 0 Å². The van der Waals surface area contributed by atoms with Crippen molar-refractivity contribution in [2.75, 3.05) is 39.3 Å². The maximum atomic E-state index is 3.64. The van der Waals surface area contributed by atoms with E-state index in [0.29, 0.717) is 6.04 Å². The number of hydrogen-bond acceptors (Lipinski definition) is 3. The number of hydrogen-bond donors (Lipinski definition) is 1. The van der Waals surface area contributed by atoms with E-state index < -0.39 is 0 Å². The van der Waals surface area contributed by atoms with E-state index >= 15 is 0 Å². The minimum atomic E-state index is 0.659. The molecule has 3 nitrogen and oxygen atoms in total. The number of likely N-dealkylation sites (tertiary alicyclic amines) is 1. The van der Waals surface area contributed by atoms with Crippen LogP contribution < -0.4 is 5.32 Å². The molecule has 2 heterocycles. The normalized spacial score (nSPS) is 31.3. The Morgan fingerprint density at radius 3 is 2.56 bits per heavy atom. The highest BCUT2D eigenvalue weighted by atomic mass is 15.3. The van der Waals surface area contributed by atoms with E-state index in [-0.39, 0.29) is 0 Å². The summed E-state index contributed by atoms with van der Waals surface area (Å²) in [5.41, 5.74) is 0. The molecule has 0 amide bonds. The third-order valence-corrected chi connectivity index (χ3v) is 4.37. The van der Waals surface area contributed by atoms with Gasteiger partial charge in [-0.3, -0.25) is 4.90 Å². The van der Waals surface area contributed by atoms with Gasteiger partial charge in [0.05, 0.1) is 0 Å². The molecule has 2 rings (SSSR count). The molecule has 106 valence electrons. The van der Waals surface area contributed by atoms with E-state index in [1.807, 2.05) is 0 Å². The minimum absolute atomic E-state index is 0.659. The van der Waals surface area contributed by atoms with Crippen LogP contribution in [-0.4, -0.2) is 61.2 Å². The molecule has 0 aromatic heterocycles. The smallest absolute Gasteiger partial charge is 0.0224 e. The Balaban J connectivity index is 1.80. The van der Waals surface area contributed by atoms with Crippen LogP contribution in [0, 0.1) is 5.92 Å². The van der Waals surface area contributed by atoms with Crippen molar-refractivity contribution in [2.45, 2.75) is 52.1 Å². The highest BCUT2D eigenvalue weighted by molar-refractivity contribution is 4.85. The highest BCUT2D eigenvalue weighted by Crippen LogP contribution is 2.16. The van der Waals surface area contributed by atoms with Gasteiger partial charge in [-0.15, -0.1) is 0 Å². The lowest BCUT2D eigenvalue weighted by molar-refractivity contribution is 0.106. The number of nitrogens with one attached hydrogen (secondary N) is 1. The van der Waals surface area contributed by atoms with Crippen LogP contribution in [0.25, 0.3) is 0 Å². The van der Waals surface area contributed by atoms with Crippen LogP contribution in [-0.2, 0) is 0 Å². The molecule has 3 heteroatoms. The van der Waals surface area contributed by atoms with Crippen molar-refractivity contribution in [1.29, 1.82) is 0 Å². The first-order chi connectivity index (χ1) is 8.65. The van der Waals surface area contributed by atoms with Crippen molar-refractivity contribution in [3.63, 3.8) is 0 Å². The lowest BCUT2D eigenvalue weighted by Gasteiger charge is -2.40. The van der Waals surface area contributed by atoms with Gasteiger partial charge >= 0.3 is 0 Å². The molecule has 0 radical (unpaired) electrons. The molecule has 0 aromatic rings. The van der Waals surface area contributed by atoms with Crippen molar-refractivity contribution >= 4 is 0 Å². The van der Waals surface area contributed by atoms with Gasteiger partial charge in [0.25, 0.3) is 0 Å². The first kappa shape index (κ1) is 14.3. The SMILES string of the molecule is CC(C)CC1CNC(C)CN1CCN1CCCC1. The van der Waals surface area contributed by atoms with E-state index in [4.69, 9.17) is 0 Å². The summed E-state index contributed by atoms with van der Waals surface area (Å²) in [6, 6.07) is 1.41. The molecular weight excluding hydrogens is 222 g/mol. The van der Waals surface area contributed by atoms with Crippen LogP contribution in [0.15, 0.2) is 0 Å². The molecule has 0 aromatic carbocycles. The fraction of sp³-hybridized carbons (Fsp3) is 1.00. The molecule has 0 saturated carbocycles. The molecule has 0 aliphatic carbocycles. The summed E-state index contributed by atoms with van der Waals surface area (Å²) in [6.07, 6.45) is 4.15. The van der Waals surface area contributed by atoms with Gasteiger partial charge in [0.15, 0.2) is 0 Å². The van der Waals surface area contributed by atoms with Crippen molar-refractivity contribution in [2.24, 2.45) is 5.92 Å². The van der Waals surface area contributed by atoms with Gasteiger partial charge in [0.2, 0.25) is 0 Å². The fourth-order valence-corrected chi connectivity index (χ4v) is 3.36. The van der Waals surface area contributed by atoms with E-state index in [2.05, 4.69) is 35.9 Å². The summed E-state index contributed by atoms with van der Waals surface area (Å²) in [5, 5.41) is 3.64. The van der Waals surface area contributed by atoms with Crippen LogP contribution in [0.4, 0.5) is 0 Å². The zero-order valence-electron chi connectivity index (χ0n) is 12.5. The van der Waals surface area contributed by atoms with Gasteiger partial charge in [0, 0.05) is 38.3 Å². The van der Waals surface area contributed by atoms with Gasteiger partial charge in [0.1, 0.15) is 0 Å². The summed E-state index contributed by atoms with van der Waals surface area (Å²) in [6.45, 7) is 14.6. The first-order valence-electron chi connectivity index (χ1n) is 7.85. The van der Waals surface area contributed by atoms with Gasteiger partial charge in [-0.1, -0.05) is 13.8 Å². The lowest BCUT2D eigenvalue weighted by Crippen LogP contribution is -2.57. The summed E-state index contributed by atoms with van der Waals surface area (Å²) in [4.78, 5) is 5.37. The second-order valence-corrected chi connectivity index (χ2v) is 6.64. The number of rotatable bonds is 5. The predicted molar refractivity (Wildman–Crippen MR) is 78.0 cm³/mol. The fourth-order valence-electron chi connectivity index (χ4n) is 3.36. The monoisotopic (exact) mass is 253 g/mol. The quantitative estimate of drug-likeness (QED) is 0.806. The molecule has 2 unspecified atom stereocenters. The highest BCUT2D eigenvalue weighted by Gasteiger charge is 2.26. The molecule has 2 fully saturated rings. The standard InChI is InChI=1S/C15H31N3/c1-13(2)10-15-11-16-14(3)12-18(15)9-8-17-6-4-5-7-17/h13-16H,4-12H2,1-3H3. The predicted octanol–water partition coefficient (Wildman–Crippen LogP) is 1.79. The molecule has 2 saturated heterocycles. The first-order valence-corrected chi connectivity index (χ1v) is 7.85. The van der Waals surface area contributed by atoms with Gasteiger partial charge < -0.3 is 10.2 Å². The molecule has 2 aliphatic rings. The summed E-state index contributed by atoms with van der Waals surface area (Å²) >= 11 is 0. The maximum absolute atomic E-state index is 3.64. The third kappa shape index (κ3) is 4.22. The van der Waals surface area contributed by atoms with Crippen LogP contribution in [0.2, 0.25) is 0 Å². The Bertz CT molecular complexity index is 236. The molecule has 2 atom stereocenters. The summed E-state index contributed by atoms with van der Waals surface area (Å²) < 4.78 is 0. The molecular formula is C15H31N3. The van der Waals surface area contributed by atoms with E-state index in [0.717, 1.165) is 12.0 Å². The van der Waals surface area contributed by atoms with Crippen LogP contribution in [0.5, 0.6) is 0 Å². The Morgan fingerprint density at radius 2 is 1.89 bits per heavy atom. The maximum Gasteiger partial charge on any atom is 0.0224 e. The second-order valence-electron chi connectivity index (χ2n) is 6.64.